The zero-order valence-corrected chi connectivity index (χ0v) is 8.10. The van der Waals surface area contributed by atoms with Gasteiger partial charge in [-0.15, -0.1) is 0 Å². The summed E-state index contributed by atoms with van der Waals surface area (Å²) in [5.41, 5.74) is 7.43. The van der Waals surface area contributed by atoms with E-state index in [0.29, 0.717) is 6.42 Å². The number of carboxylic acids is 1. The van der Waals surface area contributed by atoms with Gasteiger partial charge in [0.1, 0.15) is 6.04 Å². The lowest BCUT2D eigenvalue weighted by molar-refractivity contribution is -0.138. The summed E-state index contributed by atoms with van der Waals surface area (Å²) in [5, 5.41) is 9.75. The number of hydrogen-bond acceptors (Lipinski definition) is 2. The number of fused-ring (bicyclic) bond motifs is 1. The molecular weight excluding hydrogens is 193 g/mol. The van der Waals surface area contributed by atoms with Gasteiger partial charge in [0, 0.05) is 23.5 Å². The Morgan fingerprint density at radius 1 is 1.47 bits per heavy atom. The van der Waals surface area contributed by atoms with Crippen LogP contribution in [-0.2, 0) is 11.2 Å². The number of rotatable bonds is 3. The lowest BCUT2D eigenvalue weighted by Crippen LogP contribution is -2.32. The topological polar surface area (TPSA) is 79.1 Å². The molecule has 4 N–H and O–H groups in total. The van der Waals surface area contributed by atoms with Crippen LogP contribution in [0.4, 0.5) is 0 Å². The fraction of sp³-hybridized carbons (Fsp3) is 0.182. The van der Waals surface area contributed by atoms with Crippen molar-refractivity contribution in [3.05, 3.63) is 36.0 Å². The smallest absolute Gasteiger partial charge is 0.320 e. The molecule has 0 saturated carbocycles. The summed E-state index contributed by atoms with van der Waals surface area (Å²) < 4.78 is 0. The number of nitrogens with one attached hydrogen (secondary N) is 1. The Morgan fingerprint density at radius 2 is 2.20 bits per heavy atom. The first kappa shape index (κ1) is 9.73. The van der Waals surface area contributed by atoms with Crippen LogP contribution < -0.4 is 5.73 Å². The highest BCUT2D eigenvalue weighted by Gasteiger charge is 2.14. The van der Waals surface area contributed by atoms with Gasteiger partial charge in [0.25, 0.3) is 0 Å². The van der Waals surface area contributed by atoms with Gasteiger partial charge in [-0.2, -0.15) is 0 Å². The number of nitrogens with two attached hydrogens (primary N) is 1. The zero-order chi connectivity index (χ0) is 10.8. The maximum atomic E-state index is 10.6. The van der Waals surface area contributed by atoms with Crippen LogP contribution in [-0.4, -0.2) is 22.1 Å². The average molecular weight is 205 g/mol. The molecule has 1 aromatic carbocycles. The van der Waals surface area contributed by atoms with Crippen molar-refractivity contribution in [2.45, 2.75) is 12.5 Å². The van der Waals surface area contributed by atoms with Crippen LogP contribution in [0.2, 0.25) is 0 Å². The van der Waals surface area contributed by atoms with Gasteiger partial charge < -0.3 is 15.8 Å². The number of hydrogen-bond donors (Lipinski definition) is 3. The molecule has 78 valence electrons. The summed E-state index contributed by atoms with van der Waals surface area (Å²) in [6, 6.07) is 6.91. The van der Waals surface area contributed by atoms with Crippen molar-refractivity contribution in [3.63, 3.8) is 0 Å². The molecule has 0 radical (unpaired) electrons. The SMILES string of the molecule is N[C@@H](Cc1c[nH]c2ccc[13cH]c12)C(=O)O. The third kappa shape index (κ3) is 1.85. The summed E-state index contributed by atoms with van der Waals surface area (Å²) >= 11 is 0. The Hall–Kier alpha value is -1.81. The number of benzene rings is 1. The quantitative estimate of drug-likeness (QED) is 0.702. The van der Waals surface area contributed by atoms with Gasteiger partial charge in [-0.1, -0.05) is 18.2 Å². The highest BCUT2D eigenvalue weighted by molar-refractivity contribution is 5.84. The normalized spacial score (nSPS) is 12.9. The second-order valence-corrected chi connectivity index (χ2v) is 3.51. The summed E-state index contributed by atoms with van der Waals surface area (Å²) in [6.45, 7) is 0. The molecule has 0 spiro atoms. The summed E-state index contributed by atoms with van der Waals surface area (Å²) in [6.07, 6.45) is 2.16. The minimum atomic E-state index is -0.972. The Kier molecular flexibility index (Phi) is 2.43. The average Bonchev–Trinajstić information content (AvgIpc) is 2.62. The van der Waals surface area contributed by atoms with Crippen LogP contribution in [0.3, 0.4) is 0 Å². The van der Waals surface area contributed by atoms with Gasteiger partial charge in [-0.25, -0.2) is 0 Å². The molecule has 1 heterocycles. The second kappa shape index (κ2) is 3.74. The molecule has 0 unspecified atom stereocenters. The molecule has 1 aromatic heterocycles. The summed E-state index contributed by atoms with van der Waals surface area (Å²) in [5.74, 6) is -0.972. The number of carboxylic acid groups (broad SMARTS) is 1. The van der Waals surface area contributed by atoms with Crippen molar-refractivity contribution in [2.75, 3.05) is 0 Å². The number of para-hydroxylation sites is 1. The zero-order valence-electron chi connectivity index (χ0n) is 8.10. The van der Waals surface area contributed by atoms with Crippen LogP contribution in [0.5, 0.6) is 0 Å². The number of aliphatic carboxylic acids is 1. The number of carbonyl (C=O) groups is 1. The molecule has 0 fully saturated rings. The number of aromatic nitrogens is 1. The Morgan fingerprint density at radius 3 is 2.93 bits per heavy atom. The van der Waals surface area contributed by atoms with E-state index in [4.69, 9.17) is 10.8 Å². The highest BCUT2D eigenvalue weighted by atomic mass is 16.4. The van der Waals surface area contributed by atoms with E-state index in [9.17, 15) is 4.79 Å². The molecule has 0 aliphatic heterocycles. The lowest BCUT2D eigenvalue weighted by atomic mass is 10.1. The van der Waals surface area contributed by atoms with Crippen LogP contribution in [0.1, 0.15) is 5.56 Å². The van der Waals surface area contributed by atoms with Gasteiger partial charge in [0.15, 0.2) is 0 Å². The van der Waals surface area contributed by atoms with E-state index in [1.807, 2.05) is 30.5 Å². The molecule has 0 aliphatic carbocycles. The van der Waals surface area contributed by atoms with E-state index in [1.165, 1.54) is 0 Å². The third-order valence-electron chi connectivity index (χ3n) is 2.43. The number of H-pyrrole nitrogens is 1. The van der Waals surface area contributed by atoms with Crippen molar-refractivity contribution in [2.24, 2.45) is 5.73 Å². The molecule has 0 bridgehead atoms. The highest BCUT2D eigenvalue weighted by Crippen LogP contribution is 2.18. The van der Waals surface area contributed by atoms with Gasteiger partial charge in [0.2, 0.25) is 0 Å². The molecule has 15 heavy (non-hydrogen) atoms. The van der Waals surface area contributed by atoms with E-state index in [2.05, 4.69) is 4.98 Å². The molecule has 0 saturated heterocycles. The van der Waals surface area contributed by atoms with Gasteiger partial charge in [-0.3, -0.25) is 4.79 Å². The van der Waals surface area contributed by atoms with Crippen LogP contribution in [0, 0.1) is 0 Å². The van der Waals surface area contributed by atoms with E-state index in [-0.39, 0.29) is 0 Å². The Labute approximate surface area is 86.7 Å². The van der Waals surface area contributed by atoms with Crippen molar-refractivity contribution in [1.29, 1.82) is 0 Å². The summed E-state index contributed by atoms with van der Waals surface area (Å²) in [7, 11) is 0. The molecule has 2 aromatic rings. The predicted octanol–water partition coefficient (Wildman–Crippen LogP) is 1.12. The van der Waals surface area contributed by atoms with Gasteiger partial charge in [-0.05, 0) is 11.6 Å². The molecule has 4 heteroatoms. The molecule has 1 atom stereocenters. The molecule has 0 aliphatic rings. The Bertz CT molecular complexity index is 490. The molecule has 4 nitrogen and oxygen atoms in total. The van der Waals surface area contributed by atoms with Crippen molar-refractivity contribution in [1.82, 2.24) is 4.98 Å². The van der Waals surface area contributed by atoms with E-state index >= 15 is 0 Å². The third-order valence-corrected chi connectivity index (χ3v) is 2.43. The maximum absolute atomic E-state index is 10.6. The first-order valence-electron chi connectivity index (χ1n) is 4.72. The van der Waals surface area contributed by atoms with Crippen LogP contribution in [0.25, 0.3) is 10.9 Å². The standard InChI is InChI=1S/C11H12N2O2/c12-9(11(14)15)5-7-6-13-10-4-2-1-3-8(7)10/h1-4,6,9,13H,5,12H2,(H,14,15)/t9-/m0/s1/i3+1. The monoisotopic (exact) mass is 205 g/mol. The fourth-order valence-corrected chi connectivity index (χ4v) is 1.62. The summed E-state index contributed by atoms with van der Waals surface area (Å²) in [4.78, 5) is 13.7. The van der Waals surface area contributed by atoms with Crippen molar-refractivity contribution < 1.29 is 9.90 Å². The number of aromatic amines is 1. The van der Waals surface area contributed by atoms with Crippen LogP contribution in [0.15, 0.2) is 30.5 Å². The van der Waals surface area contributed by atoms with Crippen molar-refractivity contribution in [3.8, 4) is 0 Å². The molecule has 2 rings (SSSR count). The van der Waals surface area contributed by atoms with Crippen molar-refractivity contribution >= 4 is 16.9 Å². The first-order valence-corrected chi connectivity index (χ1v) is 4.72. The van der Waals surface area contributed by atoms with E-state index in [1.54, 1.807) is 0 Å². The minimum Gasteiger partial charge on any atom is -0.480 e. The minimum absolute atomic E-state index is 0.347. The first-order chi connectivity index (χ1) is 7.18. The molecule has 0 amide bonds. The fourth-order valence-electron chi connectivity index (χ4n) is 1.62. The predicted molar refractivity (Wildman–Crippen MR) is 57.6 cm³/mol. The molecular formula is C11H12N2O2. The van der Waals surface area contributed by atoms with Gasteiger partial charge in [0.05, 0.1) is 0 Å². The Balaban J connectivity index is 2.32. The largest absolute Gasteiger partial charge is 0.480 e. The lowest BCUT2D eigenvalue weighted by Gasteiger charge is -2.04. The van der Waals surface area contributed by atoms with E-state index in [0.717, 1.165) is 16.5 Å². The second-order valence-electron chi connectivity index (χ2n) is 3.51. The maximum Gasteiger partial charge on any atom is 0.320 e. The van der Waals surface area contributed by atoms with Crippen LogP contribution >= 0.6 is 0 Å². The van der Waals surface area contributed by atoms with E-state index < -0.39 is 12.0 Å². The van der Waals surface area contributed by atoms with Gasteiger partial charge >= 0.3 is 5.97 Å².